The van der Waals surface area contributed by atoms with Gasteiger partial charge in [-0.3, -0.25) is 0 Å². The molecule has 1 heterocycles. The highest BCUT2D eigenvalue weighted by atomic mass is 32.2. The summed E-state index contributed by atoms with van der Waals surface area (Å²) in [4.78, 5) is 5.06. The van der Waals surface area contributed by atoms with Gasteiger partial charge in [-0.05, 0) is 23.9 Å². The molecule has 0 fully saturated rings. The Morgan fingerprint density at radius 3 is 3.00 bits per heavy atom. The van der Waals surface area contributed by atoms with Crippen molar-refractivity contribution in [2.75, 3.05) is 5.73 Å². The van der Waals surface area contributed by atoms with E-state index in [4.69, 9.17) is 11.0 Å². The van der Waals surface area contributed by atoms with Crippen LogP contribution in [0.25, 0.3) is 10.6 Å². The van der Waals surface area contributed by atoms with E-state index in [1.165, 1.54) is 11.3 Å². The van der Waals surface area contributed by atoms with Gasteiger partial charge in [-0.2, -0.15) is 5.26 Å². The molecule has 0 aliphatic carbocycles. The van der Waals surface area contributed by atoms with Crippen molar-refractivity contribution in [3.8, 4) is 16.0 Å². The van der Waals surface area contributed by atoms with Crippen molar-refractivity contribution < 1.29 is 0 Å². The predicted molar refractivity (Wildman–Crippen MR) is 63.4 cm³/mol. The number of aromatic nitrogens is 1. The quantitative estimate of drug-likeness (QED) is 0.492. The highest BCUT2D eigenvalue weighted by Crippen LogP contribution is 2.36. The summed E-state index contributed by atoms with van der Waals surface area (Å²) in [5.41, 5.74) is 7.40. The van der Waals surface area contributed by atoms with Crippen molar-refractivity contribution in [1.29, 1.82) is 5.26 Å². The van der Waals surface area contributed by atoms with Gasteiger partial charge < -0.3 is 5.73 Å². The first-order chi connectivity index (χ1) is 7.33. The van der Waals surface area contributed by atoms with Crippen LogP contribution in [-0.4, -0.2) is 4.98 Å². The molecular weight excluding hydrogens is 226 g/mol. The van der Waals surface area contributed by atoms with Crippen molar-refractivity contribution in [3.63, 3.8) is 0 Å². The summed E-state index contributed by atoms with van der Waals surface area (Å²) in [7, 11) is 0. The van der Waals surface area contributed by atoms with Crippen LogP contribution >= 0.6 is 23.1 Å². The van der Waals surface area contributed by atoms with Crippen LogP contribution < -0.4 is 5.73 Å². The molecule has 0 unspecified atom stereocenters. The Morgan fingerprint density at radius 2 is 2.33 bits per heavy atom. The van der Waals surface area contributed by atoms with Crippen molar-refractivity contribution in [1.82, 2.24) is 4.98 Å². The molecule has 15 heavy (non-hydrogen) atoms. The van der Waals surface area contributed by atoms with Gasteiger partial charge in [0.05, 0.1) is 0 Å². The Morgan fingerprint density at radius 1 is 1.47 bits per heavy atom. The first kappa shape index (κ1) is 10.0. The fourth-order valence-electron chi connectivity index (χ4n) is 1.26. The highest BCUT2D eigenvalue weighted by Gasteiger charge is 2.11. The number of hydrogen-bond acceptors (Lipinski definition) is 5. The monoisotopic (exact) mass is 233 g/mol. The second-order valence-corrected chi connectivity index (χ2v) is 4.47. The fraction of sp³-hybridized carbons (Fsp3) is 0. The number of thiazole rings is 1. The number of thiocyanates is 1. The van der Waals surface area contributed by atoms with E-state index in [0.717, 1.165) is 27.2 Å². The zero-order valence-corrected chi connectivity index (χ0v) is 9.31. The molecule has 74 valence electrons. The summed E-state index contributed by atoms with van der Waals surface area (Å²) in [6, 6.07) is 5.53. The molecule has 0 saturated carbocycles. The lowest BCUT2D eigenvalue weighted by atomic mass is 10.2. The molecular formula is C10H7N3S2. The van der Waals surface area contributed by atoms with E-state index < -0.39 is 0 Å². The Kier molecular flexibility index (Phi) is 2.90. The molecule has 3 nitrogen and oxygen atoms in total. The van der Waals surface area contributed by atoms with E-state index in [-0.39, 0.29) is 0 Å². The van der Waals surface area contributed by atoms with E-state index in [0.29, 0.717) is 5.69 Å². The standard InChI is InChI=1S/C10H7N3S2/c11-6-15-8-3-1-2-7(12)9(8)10-13-4-5-14-10/h1-5H,12H2. The maximum atomic E-state index is 8.69. The number of hydrogen-bond donors (Lipinski definition) is 1. The molecule has 1 aromatic heterocycles. The lowest BCUT2D eigenvalue weighted by molar-refractivity contribution is 1.37. The number of rotatable bonds is 2. The topological polar surface area (TPSA) is 62.7 Å². The second kappa shape index (κ2) is 4.34. The fourth-order valence-corrected chi connectivity index (χ4v) is 2.60. The molecule has 0 radical (unpaired) electrons. The van der Waals surface area contributed by atoms with Gasteiger partial charge in [0.1, 0.15) is 10.4 Å². The maximum absolute atomic E-state index is 8.69. The summed E-state index contributed by atoms with van der Waals surface area (Å²) in [5, 5.41) is 13.5. The summed E-state index contributed by atoms with van der Waals surface area (Å²) in [5.74, 6) is 0. The van der Waals surface area contributed by atoms with Crippen molar-refractivity contribution in [2.45, 2.75) is 4.90 Å². The van der Waals surface area contributed by atoms with Crippen LogP contribution in [0.4, 0.5) is 5.69 Å². The molecule has 1 aromatic carbocycles. The first-order valence-corrected chi connectivity index (χ1v) is 5.87. The minimum absolute atomic E-state index is 0.658. The number of nitriles is 1. The molecule has 0 amide bonds. The summed E-state index contributed by atoms with van der Waals surface area (Å²) in [6.07, 6.45) is 1.73. The van der Waals surface area contributed by atoms with Gasteiger partial charge in [0.15, 0.2) is 0 Å². The van der Waals surface area contributed by atoms with Gasteiger partial charge in [-0.1, -0.05) is 6.07 Å². The van der Waals surface area contributed by atoms with E-state index in [9.17, 15) is 0 Å². The van der Waals surface area contributed by atoms with E-state index in [2.05, 4.69) is 10.4 Å². The summed E-state index contributed by atoms with van der Waals surface area (Å²) >= 11 is 2.62. The summed E-state index contributed by atoms with van der Waals surface area (Å²) < 4.78 is 0. The molecule has 2 aromatic rings. The van der Waals surface area contributed by atoms with E-state index >= 15 is 0 Å². The van der Waals surface area contributed by atoms with Gasteiger partial charge in [-0.15, -0.1) is 11.3 Å². The average Bonchev–Trinajstić information content (AvgIpc) is 2.71. The maximum Gasteiger partial charge on any atom is 0.138 e. The summed E-state index contributed by atoms with van der Waals surface area (Å²) in [6.45, 7) is 0. The third-order valence-corrected chi connectivity index (χ3v) is 3.30. The van der Waals surface area contributed by atoms with Crippen LogP contribution in [0.1, 0.15) is 0 Å². The first-order valence-electron chi connectivity index (χ1n) is 4.17. The molecule has 0 aliphatic heterocycles. The van der Waals surface area contributed by atoms with Crippen LogP contribution in [0.3, 0.4) is 0 Å². The molecule has 2 N–H and O–H groups in total. The number of benzene rings is 1. The lowest BCUT2D eigenvalue weighted by Crippen LogP contribution is -1.91. The molecule has 5 heteroatoms. The molecule has 0 spiro atoms. The number of nitrogen functional groups attached to an aromatic ring is 1. The molecule has 0 atom stereocenters. The smallest absolute Gasteiger partial charge is 0.138 e. The van der Waals surface area contributed by atoms with E-state index in [1.54, 1.807) is 6.20 Å². The Labute approximate surface area is 95.6 Å². The van der Waals surface area contributed by atoms with Gasteiger partial charge in [0.25, 0.3) is 0 Å². The zero-order valence-electron chi connectivity index (χ0n) is 7.68. The van der Waals surface area contributed by atoms with Gasteiger partial charge >= 0.3 is 0 Å². The normalized spacial score (nSPS) is 9.80. The molecule has 0 saturated heterocycles. The van der Waals surface area contributed by atoms with Gasteiger partial charge in [-0.25, -0.2) is 4.98 Å². The van der Waals surface area contributed by atoms with Crippen molar-refractivity contribution in [2.24, 2.45) is 0 Å². The third-order valence-electron chi connectivity index (χ3n) is 1.86. The third kappa shape index (κ3) is 1.96. The minimum Gasteiger partial charge on any atom is -0.398 e. The van der Waals surface area contributed by atoms with Crippen molar-refractivity contribution >= 4 is 28.8 Å². The SMILES string of the molecule is N#CSc1cccc(N)c1-c1nccs1. The number of anilines is 1. The van der Waals surface area contributed by atoms with E-state index in [1.807, 2.05) is 23.6 Å². The van der Waals surface area contributed by atoms with Crippen LogP contribution in [-0.2, 0) is 0 Å². The lowest BCUT2D eigenvalue weighted by Gasteiger charge is -2.05. The Bertz CT molecular complexity index is 500. The Hall–Kier alpha value is -1.51. The highest BCUT2D eigenvalue weighted by molar-refractivity contribution is 8.03. The predicted octanol–water partition coefficient (Wildman–Crippen LogP) is 2.97. The molecule has 2 rings (SSSR count). The average molecular weight is 233 g/mol. The molecule has 0 bridgehead atoms. The Balaban J connectivity index is 2.59. The van der Waals surface area contributed by atoms with Crippen LogP contribution in [0.15, 0.2) is 34.7 Å². The zero-order chi connectivity index (χ0) is 10.7. The number of nitrogens with two attached hydrogens (primary N) is 1. The minimum atomic E-state index is 0.658. The van der Waals surface area contributed by atoms with Gasteiger partial charge in [0.2, 0.25) is 0 Å². The second-order valence-electron chi connectivity index (χ2n) is 2.75. The number of nitrogens with zero attached hydrogens (tertiary/aromatic N) is 2. The van der Waals surface area contributed by atoms with Crippen molar-refractivity contribution in [3.05, 3.63) is 29.8 Å². The molecule has 0 aliphatic rings. The largest absolute Gasteiger partial charge is 0.398 e. The number of thioether (sulfide) groups is 1. The van der Waals surface area contributed by atoms with Crippen LogP contribution in [0.2, 0.25) is 0 Å². The van der Waals surface area contributed by atoms with Crippen LogP contribution in [0, 0.1) is 10.7 Å². The van der Waals surface area contributed by atoms with Gasteiger partial charge in [0, 0.05) is 27.7 Å². The van der Waals surface area contributed by atoms with Crippen LogP contribution in [0.5, 0.6) is 0 Å².